The molecule has 68 valence electrons. The van der Waals surface area contributed by atoms with Crippen molar-refractivity contribution in [1.29, 1.82) is 0 Å². The van der Waals surface area contributed by atoms with Gasteiger partial charge in [-0.05, 0) is 30.2 Å². The van der Waals surface area contributed by atoms with E-state index in [0.717, 1.165) is 5.56 Å². The Bertz CT molecular complexity index is 323. The summed E-state index contributed by atoms with van der Waals surface area (Å²) < 4.78 is 12.8. The fourth-order valence-corrected chi connectivity index (χ4v) is 1.15. The van der Waals surface area contributed by atoms with Crippen LogP contribution in [-0.2, 0) is 0 Å². The second-order valence-electron chi connectivity index (χ2n) is 2.92. The molecule has 0 bridgehead atoms. The number of benzene rings is 1. The van der Waals surface area contributed by atoms with E-state index in [9.17, 15) is 9.50 Å². The molecule has 2 nitrogen and oxygen atoms in total. The van der Waals surface area contributed by atoms with Gasteiger partial charge in [-0.15, -0.1) is 0 Å². The third kappa shape index (κ3) is 2.53. The summed E-state index contributed by atoms with van der Waals surface area (Å²) in [6, 6.07) is 4.32. The molecule has 1 aromatic carbocycles. The van der Waals surface area contributed by atoms with E-state index >= 15 is 0 Å². The average molecular weight is 179 g/mol. The first-order chi connectivity index (χ1) is 6.13. The molecule has 1 N–H and O–H groups in total. The van der Waals surface area contributed by atoms with Crippen molar-refractivity contribution in [2.45, 2.75) is 13.0 Å². The van der Waals surface area contributed by atoms with Gasteiger partial charge in [-0.2, -0.15) is 0 Å². The Balaban J connectivity index is 2.95. The Morgan fingerprint density at radius 3 is 2.77 bits per heavy atom. The Morgan fingerprint density at radius 2 is 2.23 bits per heavy atom. The number of rotatable bonds is 2. The van der Waals surface area contributed by atoms with Gasteiger partial charge in [0.2, 0.25) is 6.54 Å². The van der Waals surface area contributed by atoms with Gasteiger partial charge < -0.3 is 9.95 Å². The molecule has 3 heteroatoms. The summed E-state index contributed by atoms with van der Waals surface area (Å²) in [7, 11) is 0. The van der Waals surface area contributed by atoms with Gasteiger partial charge in [0.15, 0.2) is 6.10 Å². The van der Waals surface area contributed by atoms with Crippen molar-refractivity contribution in [2.75, 3.05) is 6.54 Å². The molecule has 0 aliphatic carbocycles. The van der Waals surface area contributed by atoms with Crippen LogP contribution in [-0.4, -0.2) is 11.7 Å². The number of hydrogen-bond acceptors (Lipinski definition) is 1. The highest BCUT2D eigenvalue weighted by molar-refractivity contribution is 5.25. The number of halogens is 1. The van der Waals surface area contributed by atoms with Crippen molar-refractivity contribution in [3.05, 3.63) is 46.6 Å². The molecule has 1 aromatic rings. The van der Waals surface area contributed by atoms with Crippen LogP contribution in [0.25, 0.3) is 4.85 Å². The highest BCUT2D eigenvalue weighted by Gasteiger charge is 2.11. The van der Waals surface area contributed by atoms with E-state index in [1.54, 1.807) is 13.0 Å². The second kappa shape index (κ2) is 4.01. The Hall–Kier alpha value is -1.40. The Labute approximate surface area is 76.5 Å². The normalized spacial score (nSPS) is 12.2. The van der Waals surface area contributed by atoms with Crippen LogP contribution in [0.4, 0.5) is 4.39 Å². The van der Waals surface area contributed by atoms with Crippen molar-refractivity contribution < 1.29 is 9.50 Å². The van der Waals surface area contributed by atoms with E-state index in [4.69, 9.17) is 6.57 Å². The van der Waals surface area contributed by atoms with Crippen molar-refractivity contribution in [3.63, 3.8) is 0 Å². The minimum absolute atomic E-state index is 0.0249. The first kappa shape index (κ1) is 9.69. The standard InChI is InChI=1S/C10H10FNO/c1-7-3-8(5-9(11)4-7)10(13)6-12-2/h3-5,10,13H,6H2,1H3. The lowest BCUT2D eigenvalue weighted by atomic mass is 10.1. The summed E-state index contributed by atoms with van der Waals surface area (Å²) in [6.45, 7) is 8.28. The highest BCUT2D eigenvalue weighted by atomic mass is 19.1. The zero-order valence-electron chi connectivity index (χ0n) is 7.29. The van der Waals surface area contributed by atoms with Gasteiger partial charge in [0.05, 0.1) is 0 Å². The zero-order valence-corrected chi connectivity index (χ0v) is 7.29. The minimum atomic E-state index is -0.883. The predicted molar refractivity (Wildman–Crippen MR) is 47.6 cm³/mol. The van der Waals surface area contributed by atoms with Crippen molar-refractivity contribution in [2.24, 2.45) is 0 Å². The maximum atomic E-state index is 12.8. The molecule has 1 atom stereocenters. The van der Waals surface area contributed by atoms with Crippen LogP contribution in [0.1, 0.15) is 17.2 Å². The van der Waals surface area contributed by atoms with Crippen LogP contribution in [0.5, 0.6) is 0 Å². The largest absolute Gasteiger partial charge is 0.381 e. The van der Waals surface area contributed by atoms with E-state index in [1.165, 1.54) is 12.1 Å². The summed E-state index contributed by atoms with van der Waals surface area (Å²) >= 11 is 0. The summed E-state index contributed by atoms with van der Waals surface area (Å²) in [5, 5.41) is 9.39. The zero-order chi connectivity index (χ0) is 9.84. The van der Waals surface area contributed by atoms with Gasteiger partial charge in [0.25, 0.3) is 0 Å². The van der Waals surface area contributed by atoms with Gasteiger partial charge in [0.1, 0.15) is 5.82 Å². The third-order valence-corrected chi connectivity index (χ3v) is 1.71. The van der Waals surface area contributed by atoms with Crippen LogP contribution in [0.15, 0.2) is 18.2 Å². The summed E-state index contributed by atoms with van der Waals surface area (Å²) in [5.41, 5.74) is 1.22. The lowest BCUT2D eigenvalue weighted by molar-refractivity contribution is 0.195. The molecule has 0 radical (unpaired) electrons. The van der Waals surface area contributed by atoms with Crippen molar-refractivity contribution in [1.82, 2.24) is 0 Å². The molecule has 0 amide bonds. The first-order valence-electron chi connectivity index (χ1n) is 3.92. The second-order valence-corrected chi connectivity index (χ2v) is 2.92. The lowest BCUT2D eigenvalue weighted by Crippen LogP contribution is -2.01. The van der Waals surface area contributed by atoms with E-state index in [2.05, 4.69) is 4.85 Å². The molecule has 0 saturated carbocycles. The SMILES string of the molecule is [C-]#[N+]CC(O)c1cc(C)cc(F)c1. The highest BCUT2D eigenvalue weighted by Crippen LogP contribution is 2.16. The molecule has 0 aliphatic heterocycles. The number of aliphatic hydroxyl groups excluding tert-OH is 1. The molecule has 0 aromatic heterocycles. The summed E-state index contributed by atoms with van der Waals surface area (Å²) in [4.78, 5) is 3.05. The van der Waals surface area contributed by atoms with E-state index in [-0.39, 0.29) is 12.4 Å². The number of aliphatic hydroxyl groups is 1. The molecule has 0 heterocycles. The maximum Gasteiger partial charge on any atom is 0.244 e. The molecule has 1 unspecified atom stereocenters. The monoisotopic (exact) mass is 179 g/mol. The summed E-state index contributed by atoms with van der Waals surface area (Å²) in [5.74, 6) is -0.376. The number of aryl methyl sites for hydroxylation is 1. The van der Waals surface area contributed by atoms with Crippen LogP contribution in [0.2, 0.25) is 0 Å². The lowest BCUT2D eigenvalue weighted by Gasteiger charge is -2.05. The van der Waals surface area contributed by atoms with Crippen LogP contribution in [0, 0.1) is 19.3 Å². The van der Waals surface area contributed by atoms with E-state index in [1.807, 2.05) is 0 Å². The molecular formula is C10H10FNO. The van der Waals surface area contributed by atoms with Crippen LogP contribution >= 0.6 is 0 Å². The smallest absolute Gasteiger partial charge is 0.244 e. The van der Waals surface area contributed by atoms with Gasteiger partial charge in [-0.3, -0.25) is 0 Å². The Kier molecular flexibility index (Phi) is 2.99. The number of hydrogen-bond donors (Lipinski definition) is 1. The topological polar surface area (TPSA) is 24.6 Å². The molecule has 0 spiro atoms. The summed E-state index contributed by atoms with van der Waals surface area (Å²) in [6.07, 6.45) is -0.883. The Morgan fingerprint density at radius 1 is 1.54 bits per heavy atom. The van der Waals surface area contributed by atoms with Gasteiger partial charge in [0, 0.05) is 0 Å². The molecule has 13 heavy (non-hydrogen) atoms. The van der Waals surface area contributed by atoms with Crippen LogP contribution in [0.3, 0.4) is 0 Å². The quantitative estimate of drug-likeness (QED) is 0.691. The molecule has 1 rings (SSSR count). The van der Waals surface area contributed by atoms with Gasteiger partial charge >= 0.3 is 0 Å². The van der Waals surface area contributed by atoms with Crippen LogP contribution < -0.4 is 0 Å². The maximum absolute atomic E-state index is 12.8. The molecule has 0 fully saturated rings. The fraction of sp³-hybridized carbons (Fsp3) is 0.300. The van der Waals surface area contributed by atoms with Gasteiger partial charge in [-0.1, -0.05) is 6.07 Å². The first-order valence-corrected chi connectivity index (χ1v) is 3.92. The number of nitrogens with zero attached hydrogens (tertiary/aromatic N) is 1. The molecule has 0 saturated heterocycles. The van der Waals surface area contributed by atoms with E-state index < -0.39 is 6.10 Å². The fourth-order valence-electron chi connectivity index (χ4n) is 1.15. The molecule has 0 aliphatic rings. The van der Waals surface area contributed by atoms with Gasteiger partial charge in [-0.25, -0.2) is 11.0 Å². The third-order valence-electron chi connectivity index (χ3n) is 1.71. The molecular weight excluding hydrogens is 169 g/mol. The van der Waals surface area contributed by atoms with E-state index in [0.29, 0.717) is 5.56 Å². The average Bonchev–Trinajstić information content (AvgIpc) is 2.03. The predicted octanol–water partition coefficient (Wildman–Crippen LogP) is 2.09. The van der Waals surface area contributed by atoms with Crippen molar-refractivity contribution >= 4 is 0 Å². The minimum Gasteiger partial charge on any atom is -0.381 e. The van der Waals surface area contributed by atoms with Crippen molar-refractivity contribution in [3.8, 4) is 0 Å².